The fraction of sp³-hybridized carbons (Fsp3) is 0.476. The molecule has 1 aliphatic heterocycles. The number of anilines is 1. The number of halogens is 5. The van der Waals surface area contributed by atoms with Crippen LogP contribution in [0.2, 0.25) is 0 Å². The Kier molecular flexibility index (Phi) is 6.41. The van der Waals surface area contributed by atoms with Gasteiger partial charge in [-0.05, 0) is 49.8 Å². The van der Waals surface area contributed by atoms with Gasteiger partial charge in [0.2, 0.25) is 5.91 Å². The first-order valence-corrected chi connectivity index (χ1v) is 11.2. The molecule has 2 aliphatic rings. The van der Waals surface area contributed by atoms with Gasteiger partial charge in [0.05, 0.1) is 23.8 Å². The molecule has 1 aliphatic carbocycles. The number of rotatable bonds is 4. The lowest BCUT2D eigenvalue weighted by Gasteiger charge is -2.29. The minimum Gasteiger partial charge on any atom is -0.338 e. The van der Waals surface area contributed by atoms with E-state index in [1.54, 1.807) is 0 Å². The van der Waals surface area contributed by atoms with E-state index in [0.717, 1.165) is 28.0 Å². The van der Waals surface area contributed by atoms with Crippen LogP contribution in [0, 0.1) is 11.7 Å². The lowest BCUT2D eigenvalue weighted by atomic mass is 9.85. The zero-order valence-electron chi connectivity index (χ0n) is 17.3. The molecular formula is C21H21F5N4O2S. The number of carbonyl (C=O) groups is 2. The number of likely N-dealkylation sites (tertiary alicyclic amines) is 1. The van der Waals surface area contributed by atoms with Gasteiger partial charge in [-0.25, -0.2) is 13.8 Å². The van der Waals surface area contributed by atoms with Crippen LogP contribution in [0.4, 0.5) is 27.1 Å². The van der Waals surface area contributed by atoms with Gasteiger partial charge in [0.15, 0.2) is 5.13 Å². The largest absolute Gasteiger partial charge is 0.419 e. The van der Waals surface area contributed by atoms with Crippen molar-refractivity contribution in [1.82, 2.24) is 9.88 Å². The highest BCUT2D eigenvalue weighted by Crippen LogP contribution is 2.35. The molecule has 0 saturated carbocycles. The molecule has 178 valence electrons. The third-order valence-electron chi connectivity index (χ3n) is 5.97. The number of thiazole rings is 1. The molecule has 2 heterocycles. The lowest BCUT2D eigenvalue weighted by molar-refractivity contribution is -0.140. The van der Waals surface area contributed by atoms with Crippen molar-refractivity contribution in [1.29, 1.82) is 0 Å². The number of carbonyl (C=O) groups excluding carboxylic acids is 2. The molecule has 2 unspecified atom stereocenters. The molecule has 6 nitrogen and oxygen atoms in total. The number of nitrogens with zero attached hydrogens (tertiary/aromatic N) is 2. The fourth-order valence-corrected chi connectivity index (χ4v) is 5.24. The zero-order valence-corrected chi connectivity index (χ0v) is 18.1. The van der Waals surface area contributed by atoms with Crippen molar-refractivity contribution in [2.75, 3.05) is 18.4 Å². The first-order chi connectivity index (χ1) is 15.5. The third kappa shape index (κ3) is 5.01. The molecule has 12 heteroatoms. The summed E-state index contributed by atoms with van der Waals surface area (Å²) in [4.78, 5) is 31.6. The van der Waals surface area contributed by atoms with E-state index in [-0.39, 0.29) is 29.1 Å². The van der Waals surface area contributed by atoms with Gasteiger partial charge in [0, 0.05) is 17.0 Å². The molecule has 33 heavy (non-hydrogen) atoms. The topological polar surface area (TPSA) is 88.3 Å². The quantitative estimate of drug-likeness (QED) is 0.645. The molecule has 1 aromatic heterocycles. The zero-order chi connectivity index (χ0) is 23.9. The van der Waals surface area contributed by atoms with Crippen LogP contribution in [0.1, 0.15) is 39.3 Å². The molecule has 2 aromatic rings. The normalized spacial score (nSPS) is 21.6. The van der Waals surface area contributed by atoms with Crippen LogP contribution in [-0.2, 0) is 23.8 Å². The Balaban J connectivity index is 1.43. The average molecular weight is 488 g/mol. The molecule has 0 spiro atoms. The van der Waals surface area contributed by atoms with Crippen molar-refractivity contribution in [3.8, 4) is 0 Å². The Labute approximate surface area is 190 Å². The molecule has 3 N–H and O–H groups in total. The highest BCUT2D eigenvalue weighted by Gasteiger charge is 2.36. The summed E-state index contributed by atoms with van der Waals surface area (Å²) in [6.45, 7) is 0.405. The summed E-state index contributed by atoms with van der Waals surface area (Å²) in [6.07, 6.45) is -4.07. The van der Waals surface area contributed by atoms with Gasteiger partial charge < -0.3 is 10.6 Å². The second kappa shape index (κ2) is 8.98. The van der Waals surface area contributed by atoms with Crippen LogP contribution >= 0.6 is 11.3 Å². The second-order valence-electron chi connectivity index (χ2n) is 8.23. The van der Waals surface area contributed by atoms with Crippen molar-refractivity contribution in [2.24, 2.45) is 11.7 Å². The fourth-order valence-electron chi connectivity index (χ4n) is 4.14. The average Bonchev–Trinajstić information content (AvgIpc) is 3.36. The van der Waals surface area contributed by atoms with Gasteiger partial charge in [0.25, 0.3) is 5.91 Å². The van der Waals surface area contributed by atoms with E-state index in [1.165, 1.54) is 4.90 Å². The van der Waals surface area contributed by atoms with E-state index in [1.807, 2.05) is 0 Å². The van der Waals surface area contributed by atoms with Crippen molar-refractivity contribution in [3.63, 3.8) is 0 Å². The summed E-state index contributed by atoms with van der Waals surface area (Å²) in [5.74, 6) is -2.75. The van der Waals surface area contributed by atoms with Crippen LogP contribution in [0.3, 0.4) is 0 Å². The van der Waals surface area contributed by atoms with Crippen molar-refractivity contribution < 1.29 is 31.5 Å². The van der Waals surface area contributed by atoms with Crippen LogP contribution < -0.4 is 11.1 Å². The number of aromatic nitrogens is 1. The molecule has 0 bridgehead atoms. The number of alkyl halides is 4. The summed E-state index contributed by atoms with van der Waals surface area (Å²) in [5.41, 5.74) is 5.04. The van der Waals surface area contributed by atoms with Gasteiger partial charge in [-0.1, -0.05) is 0 Å². The Morgan fingerprint density at radius 1 is 1.27 bits per heavy atom. The number of hydrogen-bond donors (Lipinski definition) is 2. The predicted molar refractivity (Wildman–Crippen MR) is 111 cm³/mol. The van der Waals surface area contributed by atoms with E-state index in [2.05, 4.69) is 10.3 Å². The van der Waals surface area contributed by atoms with Crippen molar-refractivity contribution in [2.45, 2.75) is 44.1 Å². The van der Waals surface area contributed by atoms with Gasteiger partial charge in [-0.15, -0.1) is 11.3 Å². The number of hydrogen-bond acceptors (Lipinski definition) is 5. The molecular weight excluding hydrogens is 467 g/mol. The van der Waals surface area contributed by atoms with E-state index in [9.17, 15) is 31.5 Å². The predicted octanol–water partition coefficient (Wildman–Crippen LogP) is 3.56. The maximum atomic E-state index is 13.5. The van der Waals surface area contributed by atoms with E-state index >= 15 is 0 Å². The monoisotopic (exact) mass is 488 g/mol. The van der Waals surface area contributed by atoms with E-state index in [4.69, 9.17) is 5.73 Å². The van der Waals surface area contributed by atoms with Crippen molar-refractivity contribution in [3.05, 3.63) is 45.7 Å². The minimum atomic E-state index is -4.92. The van der Waals surface area contributed by atoms with E-state index < -0.39 is 35.7 Å². The summed E-state index contributed by atoms with van der Waals surface area (Å²) in [6, 6.07) is 1.25. The molecule has 0 radical (unpaired) electrons. The van der Waals surface area contributed by atoms with Crippen LogP contribution in [0.5, 0.6) is 0 Å². The molecule has 4 rings (SSSR count). The second-order valence-corrected chi connectivity index (χ2v) is 9.32. The van der Waals surface area contributed by atoms with Gasteiger partial charge in [0.1, 0.15) is 12.0 Å². The summed E-state index contributed by atoms with van der Waals surface area (Å²) in [7, 11) is 0. The Morgan fingerprint density at radius 2 is 2.03 bits per heavy atom. The molecule has 3 atom stereocenters. The summed E-state index contributed by atoms with van der Waals surface area (Å²) < 4.78 is 65.6. The molecule has 1 fully saturated rings. The van der Waals surface area contributed by atoms with E-state index in [0.29, 0.717) is 44.4 Å². The first-order valence-electron chi connectivity index (χ1n) is 10.4. The minimum absolute atomic E-state index is 0.0562. The summed E-state index contributed by atoms with van der Waals surface area (Å²) in [5, 5.41) is 2.66. The Hall–Kier alpha value is -2.60. The SMILES string of the molecule is N[C@H](C(=O)N1CCC(F)C1)C1CCc2nc(NC(=O)c3ccc(F)c(C(F)(F)F)c3)sc2C1. The number of amides is 2. The Bertz CT molecular complexity index is 1070. The highest BCUT2D eigenvalue weighted by atomic mass is 32.1. The number of nitrogens with one attached hydrogen (secondary N) is 1. The maximum Gasteiger partial charge on any atom is 0.419 e. The lowest BCUT2D eigenvalue weighted by Crippen LogP contribution is -2.48. The number of aryl methyl sites for hydroxylation is 1. The third-order valence-corrected chi connectivity index (χ3v) is 7.00. The number of benzene rings is 1. The van der Waals surface area contributed by atoms with Gasteiger partial charge >= 0.3 is 6.18 Å². The number of fused-ring (bicyclic) bond motifs is 1. The van der Waals surface area contributed by atoms with Crippen LogP contribution in [0.25, 0.3) is 0 Å². The molecule has 2 amide bonds. The molecule has 1 saturated heterocycles. The first kappa shape index (κ1) is 23.6. The number of nitrogens with two attached hydrogens (primary N) is 1. The van der Waals surface area contributed by atoms with Gasteiger partial charge in [-0.3, -0.25) is 14.9 Å². The highest BCUT2D eigenvalue weighted by molar-refractivity contribution is 7.15. The Morgan fingerprint density at radius 3 is 2.70 bits per heavy atom. The van der Waals surface area contributed by atoms with Crippen LogP contribution in [0.15, 0.2) is 18.2 Å². The van der Waals surface area contributed by atoms with Crippen molar-refractivity contribution >= 4 is 28.3 Å². The van der Waals surface area contributed by atoms with Gasteiger partial charge in [-0.2, -0.15) is 13.2 Å². The smallest absolute Gasteiger partial charge is 0.338 e. The standard InChI is InChI=1S/C21H21F5N4O2S/c22-12-5-6-30(9-12)19(32)17(27)10-2-4-15-16(8-10)33-20(28-15)29-18(31)11-1-3-14(23)13(7-11)21(24,25)26/h1,3,7,10,12,17H,2,4-6,8-9,27H2,(H,28,29,31)/t10?,12?,17-/m0/s1. The molecule has 1 aromatic carbocycles. The maximum absolute atomic E-state index is 13.5. The summed E-state index contributed by atoms with van der Waals surface area (Å²) >= 11 is 1.16. The van der Waals surface area contributed by atoms with Crippen LogP contribution in [-0.4, -0.2) is 47.0 Å².